The van der Waals surface area contributed by atoms with Gasteiger partial charge in [-0.3, -0.25) is 14.9 Å². The highest BCUT2D eigenvalue weighted by molar-refractivity contribution is 7.14. The Morgan fingerprint density at radius 2 is 1.93 bits per heavy atom. The molecule has 0 atom stereocenters. The van der Waals surface area contributed by atoms with Crippen molar-refractivity contribution in [2.75, 3.05) is 12.4 Å². The molecule has 0 aliphatic rings. The number of hydrogen-bond acceptors (Lipinski definition) is 7. The number of anilines is 1. The SMILES string of the molecule is COC(=O)c1ccc(C=CC(=O)Nc2nc(-c3ccc(CNC(C)=O)o3)cs2)cc1. The topological polar surface area (TPSA) is 111 Å². The number of carbonyl (C=O) groups excluding carboxylic acids is 3. The largest absolute Gasteiger partial charge is 0.465 e. The summed E-state index contributed by atoms with van der Waals surface area (Å²) in [7, 11) is 1.32. The van der Waals surface area contributed by atoms with E-state index in [9.17, 15) is 14.4 Å². The van der Waals surface area contributed by atoms with Gasteiger partial charge in [-0.1, -0.05) is 12.1 Å². The Hall–Kier alpha value is -3.72. The average Bonchev–Trinajstić information content (AvgIpc) is 3.40. The standard InChI is InChI=1S/C21H19N3O5S/c1-13(25)22-11-16-8-9-18(29-16)17-12-30-21(23-17)24-19(26)10-5-14-3-6-15(7-4-14)20(27)28-2/h3-10,12H,11H2,1-2H3,(H,22,25)(H,23,24,26). The van der Waals surface area contributed by atoms with Crippen LogP contribution in [0.4, 0.5) is 5.13 Å². The molecule has 30 heavy (non-hydrogen) atoms. The van der Waals surface area contributed by atoms with Crippen LogP contribution in [0, 0.1) is 0 Å². The summed E-state index contributed by atoms with van der Waals surface area (Å²) in [6.07, 6.45) is 3.01. The Kier molecular flexibility index (Phi) is 6.76. The van der Waals surface area contributed by atoms with Gasteiger partial charge in [0.1, 0.15) is 11.5 Å². The van der Waals surface area contributed by atoms with Crippen LogP contribution in [0.3, 0.4) is 0 Å². The number of nitrogens with zero attached hydrogens (tertiary/aromatic N) is 1. The number of carbonyl (C=O) groups is 3. The highest BCUT2D eigenvalue weighted by Gasteiger charge is 2.11. The van der Waals surface area contributed by atoms with Crippen LogP contribution in [0.2, 0.25) is 0 Å². The minimum Gasteiger partial charge on any atom is -0.465 e. The van der Waals surface area contributed by atoms with Crippen LogP contribution in [0.1, 0.15) is 28.6 Å². The van der Waals surface area contributed by atoms with Gasteiger partial charge in [-0.15, -0.1) is 11.3 Å². The van der Waals surface area contributed by atoms with E-state index in [-0.39, 0.29) is 11.8 Å². The van der Waals surface area contributed by atoms with Crippen molar-refractivity contribution in [1.29, 1.82) is 0 Å². The molecule has 0 unspecified atom stereocenters. The molecule has 3 aromatic rings. The van der Waals surface area contributed by atoms with Crippen LogP contribution in [-0.2, 0) is 20.9 Å². The summed E-state index contributed by atoms with van der Waals surface area (Å²) in [4.78, 5) is 38.9. The molecule has 0 bridgehead atoms. The van der Waals surface area contributed by atoms with Crippen LogP contribution in [0.15, 0.2) is 52.3 Å². The molecule has 1 aromatic carbocycles. The number of rotatable bonds is 7. The normalized spacial score (nSPS) is 10.7. The third-order valence-electron chi connectivity index (χ3n) is 3.92. The van der Waals surface area contributed by atoms with Crippen LogP contribution in [0.5, 0.6) is 0 Å². The molecule has 2 aromatic heterocycles. The lowest BCUT2D eigenvalue weighted by molar-refractivity contribution is -0.119. The smallest absolute Gasteiger partial charge is 0.337 e. The van der Waals surface area contributed by atoms with E-state index in [0.29, 0.717) is 34.5 Å². The first kappa shape index (κ1) is 21.0. The Morgan fingerprint density at radius 3 is 2.63 bits per heavy atom. The lowest BCUT2D eigenvalue weighted by Crippen LogP contribution is -2.18. The molecule has 0 aliphatic carbocycles. The number of esters is 1. The molecule has 0 aliphatic heterocycles. The number of thiazole rings is 1. The second-order valence-electron chi connectivity index (χ2n) is 6.15. The van der Waals surface area contributed by atoms with Crippen molar-refractivity contribution in [3.8, 4) is 11.5 Å². The second kappa shape index (κ2) is 9.66. The van der Waals surface area contributed by atoms with E-state index in [4.69, 9.17) is 4.42 Å². The number of furan rings is 1. The maximum Gasteiger partial charge on any atom is 0.337 e. The number of benzene rings is 1. The Balaban J connectivity index is 1.57. The minimum absolute atomic E-state index is 0.140. The molecule has 0 saturated carbocycles. The number of methoxy groups -OCH3 is 1. The third kappa shape index (κ3) is 5.65. The first-order chi connectivity index (χ1) is 14.4. The zero-order valence-corrected chi connectivity index (χ0v) is 17.1. The first-order valence-corrected chi connectivity index (χ1v) is 9.79. The van der Waals surface area contributed by atoms with Crippen molar-refractivity contribution in [2.24, 2.45) is 0 Å². The van der Waals surface area contributed by atoms with E-state index in [1.165, 1.54) is 31.4 Å². The van der Waals surface area contributed by atoms with E-state index in [1.807, 2.05) is 0 Å². The molecule has 3 rings (SSSR count). The Bertz CT molecular complexity index is 1080. The van der Waals surface area contributed by atoms with E-state index in [2.05, 4.69) is 20.4 Å². The molecule has 0 spiro atoms. The molecule has 0 saturated heterocycles. The van der Waals surface area contributed by atoms with Crippen molar-refractivity contribution < 1.29 is 23.5 Å². The molecule has 8 nitrogen and oxygen atoms in total. The van der Waals surface area contributed by atoms with Crippen LogP contribution in [-0.4, -0.2) is 29.9 Å². The van der Waals surface area contributed by atoms with Crippen molar-refractivity contribution in [3.05, 3.63) is 64.7 Å². The highest BCUT2D eigenvalue weighted by atomic mass is 32.1. The molecule has 154 valence electrons. The van der Waals surface area contributed by atoms with Gasteiger partial charge in [-0.25, -0.2) is 9.78 Å². The van der Waals surface area contributed by atoms with Crippen molar-refractivity contribution in [3.63, 3.8) is 0 Å². The molecule has 9 heteroatoms. The summed E-state index contributed by atoms with van der Waals surface area (Å²) in [5.41, 5.74) is 1.79. The van der Waals surface area contributed by atoms with Crippen LogP contribution >= 0.6 is 11.3 Å². The summed E-state index contributed by atoms with van der Waals surface area (Å²) in [6, 6.07) is 10.2. The van der Waals surface area contributed by atoms with Gasteiger partial charge in [0.2, 0.25) is 11.8 Å². The van der Waals surface area contributed by atoms with Gasteiger partial charge in [-0.2, -0.15) is 0 Å². The summed E-state index contributed by atoms with van der Waals surface area (Å²) >= 11 is 1.27. The number of amides is 2. The van der Waals surface area contributed by atoms with E-state index in [0.717, 1.165) is 5.56 Å². The van der Waals surface area contributed by atoms with Crippen molar-refractivity contribution in [2.45, 2.75) is 13.5 Å². The lowest BCUT2D eigenvalue weighted by atomic mass is 10.1. The molecular weight excluding hydrogens is 406 g/mol. The molecule has 0 radical (unpaired) electrons. The number of aromatic nitrogens is 1. The van der Waals surface area contributed by atoms with Gasteiger partial charge in [-0.05, 0) is 35.9 Å². The van der Waals surface area contributed by atoms with Gasteiger partial charge >= 0.3 is 5.97 Å². The molecule has 2 N–H and O–H groups in total. The predicted molar refractivity (Wildman–Crippen MR) is 113 cm³/mol. The monoisotopic (exact) mass is 425 g/mol. The zero-order chi connectivity index (χ0) is 21.5. The van der Waals surface area contributed by atoms with Crippen LogP contribution in [0.25, 0.3) is 17.5 Å². The van der Waals surface area contributed by atoms with Gasteiger partial charge in [0, 0.05) is 18.4 Å². The quantitative estimate of drug-likeness (QED) is 0.443. The van der Waals surface area contributed by atoms with E-state index >= 15 is 0 Å². The summed E-state index contributed by atoms with van der Waals surface area (Å²) in [5.74, 6) is 0.271. The Labute approximate surface area is 176 Å². The number of nitrogens with one attached hydrogen (secondary N) is 2. The van der Waals surface area contributed by atoms with Gasteiger partial charge in [0.15, 0.2) is 10.9 Å². The van der Waals surface area contributed by atoms with Gasteiger partial charge in [0.25, 0.3) is 0 Å². The minimum atomic E-state index is -0.415. The molecule has 2 amide bonds. The fourth-order valence-electron chi connectivity index (χ4n) is 2.43. The first-order valence-electron chi connectivity index (χ1n) is 8.91. The molecule has 2 heterocycles. The van der Waals surface area contributed by atoms with Crippen molar-refractivity contribution in [1.82, 2.24) is 10.3 Å². The van der Waals surface area contributed by atoms with Gasteiger partial charge in [0.05, 0.1) is 19.2 Å². The highest BCUT2D eigenvalue weighted by Crippen LogP contribution is 2.26. The second-order valence-corrected chi connectivity index (χ2v) is 7.01. The maximum absolute atomic E-state index is 12.1. The number of hydrogen-bond donors (Lipinski definition) is 2. The third-order valence-corrected chi connectivity index (χ3v) is 4.68. The van der Waals surface area contributed by atoms with E-state index in [1.54, 1.807) is 47.9 Å². The fourth-order valence-corrected chi connectivity index (χ4v) is 3.14. The Morgan fingerprint density at radius 1 is 1.17 bits per heavy atom. The average molecular weight is 425 g/mol. The van der Waals surface area contributed by atoms with Crippen LogP contribution < -0.4 is 10.6 Å². The molecular formula is C21H19N3O5S. The van der Waals surface area contributed by atoms with E-state index < -0.39 is 5.97 Å². The van der Waals surface area contributed by atoms with Crippen molar-refractivity contribution >= 4 is 40.3 Å². The summed E-state index contributed by atoms with van der Waals surface area (Å²) in [5, 5.41) is 7.56. The zero-order valence-electron chi connectivity index (χ0n) is 16.3. The summed E-state index contributed by atoms with van der Waals surface area (Å²) in [6.45, 7) is 1.74. The van der Waals surface area contributed by atoms with Gasteiger partial charge < -0.3 is 14.5 Å². The summed E-state index contributed by atoms with van der Waals surface area (Å²) < 4.78 is 10.3. The molecule has 0 fully saturated rings. The number of ether oxygens (including phenoxy) is 1. The fraction of sp³-hybridized carbons (Fsp3) is 0.143. The predicted octanol–water partition coefficient (Wildman–Crippen LogP) is 3.48. The maximum atomic E-state index is 12.1. The lowest BCUT2D eigenvalue weighted by Gasteiger charge is -1.99.